The van der Waals surface area contributed by atoms with Crippen LogP contribution in [0, 0.1) is 12.3 Å². The summed E-state index contributed by atoms with van der Waals surface area (Å²) in [5.74, 6) is 2.56. The number of hydrogen-bond donors (Lipinski definition) is 2. The fraction of sp³-hybridized carbons (Fsp3) is 0.227. The summed E-state index contributed by atoms with van der Waals surface area (Å²) in [5, 5.41) is 4.05. The third-order valence-corrected chi connectivity index (χ3v) is 4.79. The number of fused-ring (bicyclic) bond motifs is 1. The van der Waals surface area contributed by atoms with E-state index in [0.717, 1.165) is 35.1 Å². The van der Waals surface area contributed by atoms with Gasteiger partial charge in [-0.3, -0.25) is 9.69 Å². The minimum absolute atomic E-state index is 0.435. The van der Waals surface area contributed by atoms with Crippen molar-refractivity contribution in [1.29, 1.82) is 0 Å². The minimum Gasteiger partial charge on any atom is -0.379 e. The highest BCUT2D eigenvalue weighted by Crippen LogP contribution is 2.21. The molecule has 0 bridgehead atoms. The number of carbonyl (C=O) groups is 1. The molecule has 1 amide bonds. The number of nitrogens with zero attached hydrogens (tertiary/aromatic N) is 3. The largest absolute Gasteiger partial charge is 0.379 e. The first kappa shape index (κ1) is 18.9. The number of nitrogens with two attached hydrogens (primary N) is 1. The van der Waals surface area contributed by atoms with Gasteiger partial charge in [0.15, 0.2) is 0 Å². The van der Waals surface area contributed by atoms with Crippen LogP contribution in [0.3, 0.4) is 0 Å². The van der Waals surface area contributed by atoms with Crippen molar-refractivity contribution < 1.29 is 9.53 Å². The number of benzene rings is 2. The van der Waals surface area contributed by atoms with Crippen molar-refractivity contribution in [2.24, 2.45) is 5.73 Å². The lowest BCUT2D eigenvalue weighted by Gasteiger charge is -2.26. The van der Waals surface area contributed by atoms with E-state index >= 15 is 0 Å². The van der Waals surface area contributed by atoms with E-state index in [1.54, 1.807) is 12.3 Å². The first-order chi connectivity index (χ1) is 14.1. The molecule has 1 fully saturated rings. The second kappa shape index (κ2) is 8.27. The zero-order chi connectivity index (χ0) is 20.2. The maximum absolute atomic E-state index is 11.8. The van der Waals surface area contributed by atoms with Gasteiger partial charge in [0, 0.05) is 48.0 Å². The molecule has 2 heterocycles. The molecule has 1 aromatic heterocycles. The lowest BCUT2D eigenvalue weighted by atomic mass is 10.1. The maximum atomic E-state index is 11.8. The average molecular weight is 387 g/mol. The Balaban J connectivity index is 1.60. The molecule has 1 aliphatic rings. The monoisotopic (exact) mass is 387 g/mol. The van der Waals surface area contributed by atoms with Gasteiger partial charge < -0.3 is 15.8 Å². The first-order valence-corrected chi connectivity index (χ1v) is 9.35. The minimum atomic E-state index is -0.474. The van der Waals surface area contributed by atoms with Gasteiger partial charge in [-0.1, -0.05) is 5.92 Å². The Kier molecular flexibility index (Phi) is 5.38. The molecule has 0 radical (unpaired) electrons. The van der Waals surface area contributed by atoms with Crippen LogP contribution in [0.5, 0.6) is 0 Å². The number of nitrogens with one attached hydrogen (secondary N) is 1. The second-order valence-electron chi connectivity index (χ2n) is 6.91. The number of terminal acetylenes is 1. The Bertz CT molecular complexity index is 1100. The molecule has 0 aliphatic carbocycles. The molecule has 146 valence electrons. The third kappa shape index (κ3) is 4.51. The normalized spacial score (nSPS) is 14.4. The molecule has 0 unspecified atom stereocenters. The van der Waals surface area contributed by atoms with Crippen LogP contribution < -0.4 is 11.1 Å². The van der Waals surface area contributed by atoms with E-state index in [-0.39, 0.29) is 0 Å². The van der Waals surface area contributed by atoms with E-state index in [9.17, 15) is 4.79 Å². The number of amides is 1. The topological polar surface area (TPSA) is 93.4 Å². The summed E-state index contributed by atoms with van der Waals surface area (Å²) in [6.07, 6.45) is 7.16. The van der Waals surface area contributed by atoms with E-state index in [0.29, 0.717) is 37.0 Å². The Hall–Kier alpha value is -3.47. The summed E-state index contributed by atoms with van der Waals surface area (Å²) in [4.78, 5) is 23.0. The highest BCUT2D eigenvalue weighted by molar-refractivity contribution is 5.94. The number of aromatic nitrogens is 2. The summed E-state index contributed by atoms with van der Waals surface area (Å²) in [6.45, 7) is 3.86. The molecule has 29 heavy (non-hydrogen) atoms. The summed E-state index contributed by atoms with van der Waals surface area (Å²) < 4.78 is 5.40. The lowest BCUT2D eigenvalue weighted by molar-refractivity contribution is 0.0342. The molecular weight excluding hydrogens is 366 g/mol. The van der Waals surface area contributed by atoms with E-state index < -0.39 is 5.91 Å². The highest BCUT2D eigenvalue weighted by atomic mass is 16.5. The van der Waals surface area contributed by atoms with E-state index in [1.165, 1.54) is 0 Å². The Labute approximate surface area is 168 Å². The Morgan fingerprint density at radius 1 is 1.24 bits per heavy atom. The molecule has 3 aromatic rings. The van der Waals surface area contributed by atoms with Crippen molar-refractivity contribution in [3.05, 3.63) is 59.3 Å². The standard InChI is InChI=1S/C22H21N5O2/c1-2-15-3-4-20-18(9-15)13-24-22(26-20)25-19-11-16(10-17(12-19)21(23)28)14-27-5-7-29-8-6-27/h1,3-4,9-13H,5-8,14H2,(H2,23,28)(H,24,25,26). The van der Waals surface area contributed by atoms with Crippen LogP contribution in [-0.2, 0) is 11.3 Å². The zero-order valence-electron chi connectivity index (χ0n) is 15.9. The summed E-state index contributed by atoms with van der Waals surface area (Å²) in [7, 11) is 0. The van der Waals surface area contributed by atoms with E-state index in [4.69, 9.17) is 16.9 Å². The van der Waals surface area contributed by atoms with Crippen molar-refractivity contribution in [3.8, 4) is 12.3 Å². The molecule has 7 nitrogen and oxygen atoms in total. The molecule has 0 saturated carbocycles. The molecule has 4 rings (SSSR count). The SMILES string of the molecule is C#Cc1ccc2nc(Nc3cc(CN4CCOCC4)cc(C(N)=O)c3)ncc2c1. The predicted octanol–water partition coefficient (Wildman–Crippen LogP) is 2.29. The van der Waals surface area contributed by atoms with Gasteiger partial charge in [0.05, 0.1) is 18.7 Å². The van der Waals surface area contributed by atoms with Crippen LogP contribution in [0.2, 0.25) is 0 Å². The van der Waals surface area contributed by atoms with Crippen LogP contribution in [0.1, 0.15) is 21.5 Å². The van der Waals surface area contributed by atoms with Gasteiger partial charge in [-0.15, -0.1) is 6.42 Å². The van der Waals surface area contributed by atoms with Crippen molar-refractivity contribution >= 4 is 28.4 Å². The molecule has 0 atom stereocenters. The summed E-state index contributed by atoms with van der Waals surface area (Å²) >= 11 is 0. The number of ether oxygens (including phenoxy) is 1. The van der Waals surface area contributed by atoms with Gasteiger partial charge in [-0.2, -0.15) is 0 Å². The molecule has 3 N–H and O–H groups in total. The Morgan fingerprint density at radius 2 is 2.07 bits per heavy atom. The molecule has 1 saturated heterocycles. The first-order valence-electron chi connectivity index (χ1n) is 9.35. The fourth-order valence-corrected chi connectivity index (χ4v) is 3.33. The molecule has 2 aromatic carbocycles. The quantitative estimate of drug-likeness (QED) is 0.653. The smallest absolute Gasteiger partial charge is 0.248 e. The van der Waals surface area contributed by atoms with Gasteiger partial charge in [0.1, 0.15) is 0 Å². The van der Waals surface area contributed by atoms with Crippen LogP contribution >= 0.6 is 0 Å². The van der Waals surface area contributed by atoms with Crippen molar-refractivity contribution in [1.82, 2.24) is 14.9 Å². The average Bonchev–Trinajstić information content (AvgIpc) is 2.74. The number of rotatable bonds is 5. The van der Waals surface area contributed by atoms with Crippen LogP contribution in [0.15, 0.2) is 42.6 Å². The van der Waals surface area contributed by atoms with Crippen molar-refractivity contribution in [3.63, 3.8) is 0 Å². The Morgan fingerprint density at radius 3 is 2.83 bits per heavy atom. The lowest BCUT2D eigenvalue weighted by Crippen LogP contribution is -2.35. The summed E-state index contributed by atoms with van der Waals surface area (Å²) in [5.41, 5.74) is 9.24. The zero-order valence-corrected chi connectivity index (χ0v) is 15.9. The summed E-state index contributed by atoms with van der Waals surface area (Å²) in [6, 6.07) is 11.1. The fourth-order valence-electron chi connectivity index (χ4n) is 3.33. The maximum Gasteiger partial charge on any atom is 0.248 e. The predicted molar refractivity (Wildman–Crippen MR) is 112 cm³/mol. The van der Waals surface area contributed by atoms with Gasteiger partial charge in [-0.25, -0.2) is 9.97 Å². The van der Waals surface area contributed by atoms with Gasteiger partial charge in [-0.05, 0) is 42.0 Å². The van der Waals surface area contributed by atoms with Crippen LogP contribution in [0.25, 0.3) is 10.9 Å². The van der Waals surface area contributed by atoms with Crippen molar-refractivity contribution in [2.45, 2.75) is 6.54 Å². The van der Waals surface area contributed by atoms with E-state index in [2.05, 4.69) is 26.1 Å². The molecule has 7 heteroatoms. The third-order valence-electron chi connectivity index (χ3n) is 4.79. The van der Waals surface area contributed by atoms with Crippen molar-refractivity contribution in [2.75, 3.05) is 31.6 Å². The number of anilines is 2. The van der Waals surface area contributed by atoms with Gasteiger partial charge in [0.25, 0.3) is 0 Å². The van der Waals surface area contributed by atoms with E-state index in [1.807, 2.05) is 30.3 Å². The van der Waals surface area contributed by atoms with Crippen LogP contribution in [-0.4, -0.2) is 47.1 Å². The second-order valence-corrected chi connectivity index (χ2v) is 6.91. The van der Waals surface area contributed by atoms with Crippen LogP contribution in [0.4, 0.5) is 11.6 Å². The highest BCUT2D eigenvalue weighted by Gasteiger charge is 2.13. The number of primary amides is 1. The molecular formula is C22H21N5O2. The van der Waals surface area contributed by atoms with Gasteiger partial charge >= 0.3 is 0 Å². The number of carbonyl (C=O) groups excluding carboxylic acids is 1. The molecule has 1 aliphatic heterocycles. The van der Waals surface area contributed by atoms with Gasteiger partial charge in [0.2, 0.25) is 11.9 Å². The number of morpholine rings is 1. The molecule has 0 spiro atoms. The number of hydrogen-bond acceptors (Lipinski definition) is 6.